The number of hydrogen-bond acceptors (Lipinski definition) is 4. The zero-order valence-corrected chi connectivity index (χ0v) is 25.8. The Bertz CT molecular complexity index is 578. The predicted octanol–water partition coefficient (Wildman–Crippen LogP) is 8.31. The van der Waals surface area contributed by atoms with Gasteiger partial charge in [-0.15, -0.1) is 0 Å². The second-order valence-corrected chi connectivity index (χ2v) is 11.4. The molecule has 0 aliphatic heterocycles. The summed E-state index contributed by atoms with van der Waals surface area (Å²) in [5, 5.41) is 32.8. The highest BCUT2D eigenvalue weighted by Crippen LogP contribution is 2.14. The summed E-state index contributed by atoms with van der Waals surface area (Å²) in [5.74, 6) is -0.328. The number of unbranched alkanes of at least 4 members (excludes halogenated alkanes) is 18. The standard InChI is InChI=1S/C34H65NO4/c1-3-5-7-9-11-13-15-16-18-19-21-23-25-27-31(37)29-34(39)35-32(30-36)33(38)28-26-24-22-20-17-14-12-10-8-6-4-2/h17,20,26,28,31-33,36-38H,3-16,18-19,21-25,27,29-30H2,1-2H3,(H,35,39)/b20-17+,28-26+. The summed E-state index contributed by atoms with van der Waals surface area (Å²) in [6.45, 7) is 4.15. The van der Waals surface area contributed by atoms with E-state index in [9.17, 15) is 20.1 Å². The van der Waals surface area contributed by atoms with Gasteiger partial charge in [0.1, 0.15) is 0 Å². The number of allylic oxidation sites excluding steroid dienone is 3. The minimum atomic E-state index is -0.945. The lowest BCUT2D eigenvalue weighted by molar-refractivity contribution is -0.124. The Morgan fingerprint density at radius 3 is 1.64 bits per heavy atom. The highest BCUT2D eigenvalue weighted by molar-refractivity contribution is 5.76. The van der Waals surface area contributed by atoms with E-state index in [4.69, 9.17) is 0 Å². The average Bonchev–Trinajstić information content (AvgIpc) is 2.92. The second kappa shape index (κ2) is 29.8. The number of hydrogen-bond donors (Lipinski definition) is 4. The first-order chi connectivity index (χ1) is 19.0. The van der Waals surface area contributed by atoms with Crippen LogP contribution in [0, 0.1) is 0 Å². The maximum absolute atomic E-state index is 12.3. The second-order valence-electron chi connectivity index (χ2n) is 11.4. The maximum Gasteiger partial charge on any atom is 0.222 e. The molecule has 0 aromatic heterocycles. The van der Waals surface area contributed by atoms with Crippen molar-refractivity contribution in [3.05, 3.63) is 24.3 Å². The van der Waals surface area contributed by atoms with Crippen molar-refractivity contribution in [1.82, 2.24) is 5.32 Å². The van der Waals surface area contributed by atoms with Gasteiger partial charge in [0.05, 0.1) is 31.3 Å². The van der Waals surface area contributed by atoms with E-state index in [0.717, 1.165) is 32.1 Å². The van der Waals surface area contributed by atoms with Gasteiger partial charge < -0.3 is 20.6 Å². The average molecular weight is 552 g/mol. The molecule has 0 radical (unpaired) electrons. The van der Waals surface area contributed by atoms with Crippen LogP contribution in [-0.4, -0.2) is 46.1 Å². The van der Waals surface area contributed by atoms with Crippen molar-refractivity contribution in [2.75, 3.05) is 6.61 Å². The van der Waals surface area contributed by atoms with Gasteiger partial charge in [-0.1, -0.05) is 147 Å². The minimum Gasteiger partial charge on any atom is -0.394 e. The first-order valence-electron chi connectivity index (χ1n) is 16.6. The Labute approximate surface area is 241 Å². The molecule has 230 valence electrons. The Kier molecular flexibility index (Phi) is 28.9. The molecule has 0 spiro atoms. The van der Waals surface area contributed by atoms with Gasteiger partial charge >= 0.3 is 0 Å². The van der Waals surface area contributed by atoms with E-state index in [1.54, 1.807) is 6.08 Å². The van der Waals surface area contributed by atoms with Crippen molar-refractivity contribution in [2.45, 2.75) is 180 Å². The summed E-state index contributed by atoms with van der Waals surface area (Å²) >= 11 is 0. The molecule has 0 saturated heterocycles. The van der Waals surface area contributed by atoms with E-state index in [2.05, 4.69) is 31.3 Å². The Morgan fingerprint density at radius 2 is 1.10 bits per heavy atom. The van der Waals surface area contributed by atoms with Crippen molar-refractivity contribution in [1.29, 1.82) is 0 Å². The zero-order chi connectivity index (χ0) is 28.8. The van der Waals surface area contributed by atoms with Crippen LogP contribution in [0.1, 0.15) is 162 Å². The van der Waals surface area contributed by atoms with Crippen LogP contribution in [-0.2, 0) is 4.79 Å². The first kappa shape index (κ1) is 37.8. The van der Waals surface area contributed by atoms with Crippen LogP contribution in [0.15, 0.2) is 24.3 Å². The Hall–Kier alpha value is -1.17. The summed E-state index contributed by atoms with van der Waals surface area (Å²) in [7, 11) is 0. The molecular formula is C34H65NO4. The van der Waals surface area contributed by atoms with Gasteiger partial charge in [-0.3, -0.25) is 4.79 Å². The van der Waals surface area contributed by atoms with Crippen molar-refractivity contribution >= 4 is 5.91 Å². The smallest absolute Gasteiger partial charge is 0.222 e. The molecule has 5 heteroatoms. The third kappa shape index (κ3) is 26.8. The summed E-state index contributed by atoms with van der Waals surface area (Å²) in [6, 6.07) is -0.754. The van der Waals surface area contributed by atoms with Crippen LogP contribution < -0.4 is 5.32 Å². The highest BCUT2D eigenvalue weighted by atomic mass is 16.3. The molecule has 0 aromatic rings. The van der Waals surface area contributed by atoms with Crippen LogP contribution >= 0.6 is 0 Å². The number of carbonyl (C=O) groups is 1. The lowest BCUT2D eigenvalue weighted by Gasteiger charge is -2.21. The van der Waals surface area contributed by atoms with Gasteiger partial charge in [0.25, 0.3) is 0 Å². The molecule has 0 aromatic carbocycles. The molecule has 0 rings (SSSR count). The van der Waals surface area contributed by atoms with Gasteiger partial charge in [-0.25, -0.2) is 0 Å². The van der Waals surface area contributed by atoms with Gasteiger partial charge in [-0.05, 0) is 32.1 Å². The Balaban J connectivity index is 3.81. The van der Waals surface area contributed by atoms with Crippen molar-refractivity contribution in [3.8, 4) is 0 Å². The number of rotatable bonds is 29. The summed E-state index contributed by atoms with van der Waals surface area (Å²) in [4.78, 5) is 12.3. The quantitative estimate of drug-likeness (QED) is 0.0556. The lowest BCUT2D eigenvalue weighted by Crippen LogP contribution is -2.45. The van der Waals surface area contributed by atoms with Crippen LogP contribution in [0.3, 0.4) is 0 Å². The van der Waals surface area contributed by atoms with Crippen LogP contribution in [0.25, 0.3) is 0 Å². The number of aliphatic hydroxyl groups is 3. The fourth-order valence-corrected chi connectivity index (χ4v) is 4.88. The lowest BCUT2D eigenvalue weighted by atomic mass is 10.0. The third-order valence-electron chi connectivity index (χ3n) is 7.49. The molecule has 0 aliphatic rings. The summed E-state index contributed by atoms with van der Waals surface area (Å²) < 4.78 is 0. The fraction of sp³-hybridized carbons (Fsp3) is 0.853. The molecule has 39 heavy (non-hydrogen) atoms. The molecule has 0 saturated carbocycles. The summed E-state index contributed by atoms with van der Waals surface area (Å²) in [6.07, 6.45) is 33.0. The maximum atomic E-state index is 12.3. The molecule has 1 amide bonds. The van der Waals surface area contributed by atoms with Crippen LogP contribution in [0.4, 0.5) is 0 Å². The van der Waals surface area contributed by atoms with E-state index < -0.39 is 18.2 Å². The van der Waals surface area contributed by atoms with E-state index in [-0.39, 0.29) is 18.9 Å². The number of amides is 1. The van der Waals surface area contributed by atoms with E-state index in [0.29, 0.717) is 6.42 Å². The normalized spacial score (nSPS) is 14.3. The number of carbonyl (C=O) groups excluding carboxylic acids is 1. The van der Waals surface area contributed by atoms with Gasteiger partial charge in [0.15, 0.2) is 0 Å². The fourth-order valence-electron chi connectivity index (χ4n) is 4.88. The zero-order valence-electron chi connectivity index (χ0n) is 25.8. The first-order valence-corrected chi connectivity index (χ1v) is 16.6. The van der Waals surface area contributed by atoms with Gasteiger partial charge in [0, 0.05) is 0 Å². The monoisotopic (exact) mass is 551 g/mol. The molecule has 0 bridgehead atoms. The van der Waals surface area contributed by atoms with Crippen LogP contribution in [0.5, 0.6) is 0 Å². The van der Waals surface area contributed by atoms with Gasteiger partial charge in [0.2, 0.25) is 5.91 Å². The molecule has 0 aliphatic carbocycles. The SMILES string of the molecule is CCCCCCC/C=C/CC/C=C/C(O)C(CO)NC(=O)CC(O)CCCCCCCCCCCCCCC. The molecule has 4 N–H and O–H groups in total. The van der Waals surface area contributed by atoms with Crippen molar-refractivity contribution in [2.24, 2.45) is 0 Å². The third-order valence-corrected chi connectivity index (χ3v) is 7.49. The summed E-state index contributed by atoms with van der Waals surface area (Å²) in [5.41, 5.74) is 0. The Morgan fingerprint density at radius 1 is 0.641 bits per heavy atom. The number of nitrogens with one attached hydrogen (secondary N) is 1. The largest absolute Gasteiger partial charge is 0.394 e. The minimum absolute atomic E-state index is 0.00836. The molecule has 0 fully saturated rings. The van der Waals surface area contributed by atoms with Gasteiger partial charge in [-0.2, -0.15) is 0 Å². The van der Waals surface area contributed by atoms with Crippen molar-refractivity contribution in [3.63, 3.8) is 0 Å². The molecule has 3 unspecified atom stereocenters. The van der Waals surface area contributed by atoms with E-state index >= 15 is 0 Å². The molecule has 0 heterocycles. The van der Waals surface area contributed by atoms with E-state index in [1.165, 1.54) is 103 Å². The molecule has 3 atom stereocenters. The number of aliphatic hydroxyl groups excluding tert-OH is 3. The van der Waals surface area contributed by atoms with Crippen molar-refractivity contribution < 1.29 is 20.1 Å². The van der Waals surface area contributed by atoms with E-state index in [1.807, 2.05) is 6.08 Å². The highest BCUT2D eigenvalue weighted by Gasteiger charge is 2.20. The van der Waals surface area contributed by atoms with Crippen LogP contribution in [0.2, 0.25) is 0 Å². The molecule has 5 nitrogen and oxygen atoms in total. The molecular weight excluding hydrogens is 486 g/mol. The predicted molar refractivity (Wildman–Crippen MR) is 167 cm³/mol. The topological polar surface area (TPSA) is 89.8 Å².